The Morgan fingerprint density at radius 3 is 2.37 bits per heavy atom. The van der Waals surface area contributed by atoms with Crippen LogP contribution in [0, 0.1) is 0 Å². The lowest BCUT2D eigenvalue weighted by atomic mass is 9.97. The quantitative estimate of drug-likeness (QED) is 0.347. The van der Waals surface area contributed by atoms with Crippen molar-refractivity contribution in [2.75, 3.05) is 17.3 Å². The first kappa shape index (κ1) is 25.4. The van der Waals surface area contributed by atoms with E-state index in [2.05, 4.69) is 30.2 Å². The molecule has 10 heteroatoms. The number of fused-ring (bicyclic) bond motifs is 1. The Morgan fingerprint density at radius 2 is 1.74 bits per heavy atom. The van der Waals surface area contributed by atoms with Crippen molar-refractivity contribution in [3.8, 4) is 22.8 Å². The molecular weight excluding hydrogens is 493 g/mol. The molecule has 1 amide bonds. The van der Waals surface area contributed by atoms with Crippen molar-refractivity contribution < 1.29 is 18.0 Å². The molecule has 4 aromatic rings. The molecule has 0 atom stereocenters. The van der Waals surface area contributed by atoms with Crippen molar-refractivity contribution in [2.24, 2.45) is 7.05 Å². The fourth-order valence-corrected chi connectivity index (χ4v) is 4.73. The lowest BCUT2D eigenvalue weighted by Crippen LogP contribution is -2.26. The van der Waals surface area contributed by atoms with Crippen molar-refractivity contribution in [2.45, 2.75) is 38.9 Å². The van der Waals surface area contributed by atoms with Crippen LogP contribution in [0.3, 0.4) is 0 Å². The second kappa shape index (κ2) is 9.59. The standard InChI is InChI=1S/C28H27F3N6O/c1-16(2)19-7-5-6-8-20(19)25-34-24(32-3)21-13-23(38)37(27(21)35-25)14-17-9-11-18(12-10-17)26-33-22(15-36(26)4)28(29,30)31/h5-12,15-16H,13-14H2,1-4H3,(H,32,34,35). The van der Waals surface area contributed by atoms with E-state index < -0.39 is 11.9 Å². The molecule has 0 unspecified atom stereocenters. The summed E-state index contributed by atoms with van der Waals surface area (Å²) in [6.07, 6.45) is -3.36. The van der Waals surface area contributed by atoms with Crippen LogP contribution in [0.15, 0.2) is 54.7 Å². The molecule has 196 valence electrons. The van der Waals surface area contributed by atoms with Crippen molar-refractivity contribution in [3.05, 3.63) is 77.1 Å². The summed E-state index contributed by atoms with van der Waals surface area (Å²) in [6.45, 7) is 4.49. The first-order chi connectivity index (χ1) is 18.1. The van der Waals surface area contributed by atoms with Crippen LogP contribution in [0.25, 0.3) is 22.8 Å². The lowest BCUT2D eigenvalue weighted by molar-refractivity contribution is -0.140. The molecule has 1 aliphatic rings. The highest BCUT2D eigenvalue weighted by Crippen LogP contribution is 2.37. The van der Waals surface area contributed by atoms with E-state index in [0.717, 1.165) is 28.5 Å². The van der Waals surface area contributed by atoms with Gasteiger partial charge in [0.2, 0.25) is 5.91 Å². The summed E-state index contributed by atoms with van der Waals surface area (Å²) in [5.74, 6) is 2.11. The molecule has 3 heterocycles. The molecule has 2 aromatic carbocycles. The Balaban J connectivity index is 1.47. The molecule has 0 radical (unpaired) electrons. The Bertz CT molecular complexity index is 1510. The number of nitrogens with one attached hydrogen (secondary N) is 1. The van der Waals surface area contributed by atoms with Crippen LogP contribution in [0.1, 0.15) is 42.1 Å². The molecule has 1 aliphatic heterocycles. The average Bonchev–Trinajstić information content (AvgIpc) is 3.43. The third-order valence-corrected chi connectivity index (χ3v) is 6.65. The number of amides is 1. The number of carbonyl (C=O) groups excluding carboxylic acids is 1. The Kier molecular flexibility index (Phi) is 6.42. The molecule has 0 spiro atoms. The highest BCUT2D eigenvalue weighted by Gasteiger charge is 2.35. The van der Waals surface area contributed by atoms with Gasteiger partial charge in [0.05, 0.1) is 13.0 Å². The summed E-state index contributed by atoms with van der Waals surface area (Å²) in [5.41, 5.74) is 3.20. The predicted octanol–water partition coefficient (Wildman–Crippen LogP) is 5.82. The van der Waals surface area contributed by atoms with Gasteiger partial charge < -0.3 is 9.88 Å². The molecule has 7 nitrogen and oxygen atoms in total. The largest absolute Gasteiger partial charge is 0.434 e. The predicted molar refractivity (Wildman–Crippen MR) is 140 cm³/mol. The van der Waals surface area contributed by atoms with Gasteiger partial charge in [0.15, 0.2) is 11.5 Å². The number of nitrogens with zero attached hydrogens (tertiary/aromatic N) is 5. The third kappa shape index (κ3) is 4.62. The van der Waals surface area contributed by atoms with Crippen molar-refractivity contribution in [1.29, 1.82) is 0 Å². The molecule has 0 bridgehead atoms. The molecule has 1 N–H and O–H groups in total. The van der Waals surface area contributed by atoms with E-state index in [9.17, 15) is 18.0 Å². The van der Waals surface area contributed by atoms with Gasteiger partial charge in [-0.1, -0.05) is 62.4 Å². The second-order valence-electron chi connectivity index (χ2n) is 9.60. The van der Waals surface area contributed by atoms with Crippen LogP contribution >= 0.6 is 0 Å². The summed E-state index contributed by atoms with van der Waals surface area (Å²) in [4.78, 5) is 28.0. The molecule has 0 saturated carbocycles. The lowest BCUT2D eigenvalue weighted by Gasteiger charge is -2.19. The number of benzene rings is 2. The van der Waals surface area contributed by atoms with Gasteiger partial charge in [-0.2, -0.15) is 13.2 Å². The number of imidazole rings is 1. The number of hydrogen-bond donors (Lipinski definition) is 1. The van der Waals surface area contributed by atoms with Crippen molar-refractivity contribution in [3.63, 3.8) is 0 Å². The van der Waals surface area contributed by atoms with Crippen LogP contribution in [-0.2, 0) is 31.0 Å². The average molecular weight is 521 g/mol. The summed E-state index contributed by atoms with van der Waals surface area (Å²) < 4.78 is 40.6. The topological polar surface area (TPSA) is 75.9 Å². The number of hydrogen-bond acceptors (Lipinski definition) is 5. The van der Waals surface area contributed by atoms with E-state index in [1.165, 1.54) is 11.6 Å². The number of halogens is 3. The number of aryl methyl sites for hydroxylation is 1. The first-order valence-corrected chi connectivity index (χ1v) is 12.2. The van der Waals surface area contributed by atoms with Crippen LogP contribution in [-0.4, -0.2) is 32.5 Å². The van der Waals surface area contributed by atoms with E-state index in [1.807, 2.05) is 18.2 Å². The Morgan fingerprint density at radius 1 is 1.03 bits per heavy atom. The minimum absolute atomic E-state index is 0.0944. The number of carbonyl (C=O) groups is 1. The molecule has 5 rings (SSSR count). The van der Waals surface area contributed by atoms with Crippen molar-refractivity contribution >= 4 is 17.5 Å². The molecule has 0 fully saturated rings. The van der Waals surface area contributed by atoms with E-state index in [0.29, 0.717) is 23.0 Å². The summed E-state index contributed by atoms with van der Waals surface area (Å²) in [6, 6.07) is 15.0. The molecule has 0 aliphatic carbocycles. The third-order valence-electron chi connectivity index (χ3n) is 6.65. The maximum atomic E-state index is 13.1. The van der Waals surface area contributed by atoms with Gasteiger partial charge in [0.25, 0.3) is 0 Å². The molecule has 2 aromatic heterocycles. The number of aromatic nitrogens is 4. The van der Waals surface area contributed by atoms with E-state index in [4.69, 9.17) is 9.97 Å². The van der Waals surface area contributed by atoms with Gasteiger partial charge in [0.1, 0.15) is 17.5 Å². The van der Waals surface area contributed by atoms with Gasteiger partial charge in [-0.25, -0.2) is 15.0 Å². The Labute approximate surface area is 218 Å². The van der Waals surface area contributed by atoms with Gasteiger partial charge in [0, 0.05) is 37.0 Å². The molecular formula is C28H27F3N6O. The molecule has 0 saturated heterocycles. The maximum Gasteiger partial charge on any atom is 0.434 e. The van der Waals surface area contributed by atoms with E-state index >= 15 is 0 Å². The Hall–Kier alpha value is -4.21. The van der Waals surface area contributed by atoms with Gasteiger partial charge >= 0.3 is 6.18 Å². The monoisotopic (exact) mass is 520 g/mol. The van der Waals surface area contributed by atoms with E-state index in [1.54, 1.807) is 36.2 Å². The van der Waals surface area contributed by atoms with Crippen LogP contribution in [0.5, 0.6) is 0 Å². The van der Waals surface area contributed by atoms with E-state index in [-0.39, 0.29) is 30.6 Å². The summed E-state index contributed by atoms with van der Waals surface area (Å²) >= 11 is 0. The highest BCUT2D eigenvalue weighted by molar-refractivity contribution is 6.02. The van der Waals surface area contributed by atoms with Gasteiger partial charge in [-0.3, -0.25) is 9.69 Å². The van der Waals surface area contributed by atoms with Crippen LogP contribution < -0.4 is 10.2 Å². The van der Waals surface area contributed by atoms with Gasteiger partial charge in [-0.15, -0.1) is 0 Å². The zero-order chi connectivity index (χ0) is 27.2. The number of anilines is 2. The summed E-state index contributed by atoms with van der Waals surface area (Å²) in [5, 5.41) is 3.12. The smallest absolute Gasteiger partial charge is 0.373 e. The normalized spacial score (nSPS) is 13.4. The minimum atomic E-state index is -4.51. The SMILES string of the molecule is CNc1nc(-c2ccccc2C(C)C)nc2c1CC(=O)N2Cc1ccc(-c2nc(C(F)(F)F)cn2C)cc1. The first-order valence-electron chi connectivity index (χ1n) is 12.2. The van der Waals surface area contributed by atoms with Gasteiger partial charge in [-0.05, 0) is 17.0 Å². The fraction of sp³-hybridized carbons (Fsp3) is 0.286. The maximum absolute atomic E-state index is 13.1. The fourth-order valence-electron chi connectivity index (χ4n) is 4.73. The van der Waals surface area contributed by atoms with Crippen molar-refractivity contribution in [1.82, 2.24) is 19.5 Å². The van der Waals surface area contributed by atoms with Crippen LogP contribution in [0.4, 0.5) is 24.8 Å². The summed E-state index contributed by atoms with van der Waals surface area (Å²) in [7, 11) is 3.30. The minimum Gasteiger partial charge on any atom is -0.373 e. The zero-order valence-corrected chi connectivity index (χ0v) is 21.5. The molecule has 38 heavy (non-hydrogen) atoms. The number of rotatable bonds is 6. The zero-order valence-electron chi connectivity index (χ0n) is 21.5. The number of alkyl halides is 3. The van der Waals surface area contributed by atoms with Crippen LogP contribution in [0.2, 0.25) is 0 Å². The second-order valence-corrected chi connectivity index (χ2v) is 9.60. The highest BCUT2D eigenvalue weighted by atomic mass is 19.4.